The Hall–Kier alpha value is -5.18. The van der Waals surface area contributed by atoms with Gasteiger partial charge in [-0.3, -0.25) is 4.98 Å². The van der Waals surface area contributed by atoms with Crippen LogP contribution in [0.5, 0.6) is 17.4 Å². The zero-order valence-electron chi connectivity index (χ0n) is 24.4. The SMILES string of the molecule is COc1ccc(C(C)(C)C)cc1NC(=O)Nc1ccc(Oc2cc(C)nc(NCc3ccccn3)n2)c2ccccc12. The molecule has 0 unspecified atom stereocenters. The van der Waals surface area contributed by atoms with Gasteiger partial charge < -0.3 is 25.4 Å². The molecular weight excluding hydrogens is 528 g/mol. The number of carbonyl (C=O) groups excluding carboxylic acids is 1. The van der Waals surface area contributed by atoms with E-state index in [4.69, 9.17) is 9.47 Å². The van der Waals surface area contributed by atoms with Gasteiger partial charge in [-0.1, -0.05) is 57.2 Å². The lowest BCUT2D eigenvalue weighted by atomic mass is 9.87. The van der Waals surface area contributed by atoms with Crippen molar-refractivity contribution in [3.63, 3.8) is 0 Å². The van der Waals surface area contributed by atoms with Crippen molar-refractivity contribution in [2.24, 2.45) is 0 Å². The number of aryl methyl sites for hydroxylation is 1. The zero-order chi connectivity index (χ0) is 29.7. The number of methoxy groups -OCH3 is 1. The summed E-state index contributed by atoms with van der Waals surface area (Å²) in [5.41, 5.74) is 3.87. The van der Waals surface area contributed by atoms with E-state index < -0.39 is 0 Å². The van der Waals surface area contributed by atoms with Crippen molar-refractivity contribution in [2.75, 3.05) is 23.1 Å². The summed E-state index contributed by atoms with van der Waals surface area (Å²) in [6.45, 7) is 8.74. The molecule has 5 aromatic rings. The molecule has 0 radical (unpaired) electrons. The van der Waals surface area contributed by atoms with Gasteiger partial charge in [-0.25, -0.2) is 9.78 Å². The van der Waals surface area contributed by atoms with Crippen molar-refractivity contribution in [3.8, 4) is 17.4 Å². The molecule has 214 valence electrons. The third kappa shape index (κ3) is 6.75. The first-order chi connectivity index (χ1) is 20.2. The number of benzene rings is 3. The highest BCUT2D eigenvalue weighted by atomic mass is 16.5. The fourth-order valence-corrected chi connectivity index (χ4v) is 4.47. The number of fused-ring (bicyclic) bond motifs is 1. The molecule has 5 rings (SSSR count). The van der Waals surface area contributed by atoms with Crippen molar-refractivity contribution >= 4 is 34.1 Å². The zero-order valence-corrected chi connectivity index (χ0v) is 24.4. The molecule has 0 saturated heterocycles. The average Bonchev–Trinajstić information content (AvgIpc) is 2.97. The predicted octanol–water partition coefficient (Wildman–Crippen LogP) is 7.69. The number of nitrogens with one attached hydrogen (secondary N) is 3. The maximum atomic E-state index is 13.1. The molecule has 0 spiro atoms. The molecule has 0 atom stereocenters. The van der Waals surface area contributed by atoms with Gasteiger partial charge in [-0.05, 0) is 54.3 Å². The first-order valence-electron chi connectivity index (χ1n) is 13.7. The van der Waals surface area contributed by atoms with Crippen LogP contribution in [0.15, 0.2) is 85.1 Å². The number of carbonyl (C=O) groups is 1. The predicted molar refractivity (Wildman–Crippen MR) is 167 cm³/mol. The highest BCUT2D eigenvalue weighted by Gasteiger charge is 2.18. The maximum Gasteiger partial charge on any atom is 0.323 e. The molecule has 0 aliphatic rings. The third-order valence-electron chi connectivity index (χ3n) is 6.64. The molecule has 42 heavy (non-hydrogen) atoms. The molecule has 9 nitrogen and oxygen atoms in total. The van der Waals surface area contributed by atoms with Crippen LogP contribution in [-0.4, -0.2) is 28.1 Å². The molecule has 3 aromatic carbocycles. The summed E-state index contributed by atoms with van der Waals surface area (Å²) in [5, 5.41) is 10.8. The Bertz CT molecular complexity index is 1720. The largest absolute Gasteiger partial charge is 0.495 e. The quantitative estimate of drug-likeness (QED) is 0.178. The van der Waals surface area contributed by atoms with E-state index in [0.717, 1.165) is 27.7 Å². The summed E-state index contributed by atoms with van der Waals surface area (Å²) in [6.07, 6.45) is 1.75. The van der Waals surface area contributed by atoms with Crippen LogP contribution in [0.4, 0.5) is 22.1 Å². The fraction of sp³-hybridized carbons (Fsp3) is 0.212. The number of pyridine rings is 1. The smallest absolute Gasteiger partial charge is 0.323 e. The van der Waals surface area contributed by atoms with Crippen LogP contribution in [0.25, 0.3) is 10.8 Å². The van der Waals surface area contributed by atoms with E-state index in [9.17, 15) is 4.79 Å². The number of aromatic nitrogens is 3. The molecule has 2 aromatic heterocycles. The summed E-state index contributed by atoms with van der Waals surface area (Å²) < 4.78 is 11.7. The minimum atomic E-state index is -0.381. The van der Waals surface area contributed by atoms with E-state index >= 15 is 0 Å². The molecule has 0 fully saturated rings. The van der Waals surface area contributed by atoms with Gasteiger partial charge >= 0.3 is 6.03 Å². The summed E-state index contributed by atoms with van der Waals surface area (Å²) in [6, 6.07) is 24.3. The number of anilines is 3. The highest BCUT2D eigenvalue weighted by Crippen LogP contribution is 2.35. The van der Waals surface area contributed by atoms with Crippen LogP contribution in [0.3, 0.4) is 0 Å². The second-order valence-corrected chi connectivity index (χ2v) is 10.8. The average molecular weight is 563 g/mol. The number of nitrogens with zero attached hydrogens (tertiary/aromatic N) is 3. The van der Waals surface area contributed by atoms with Crippen molar-refractivity contribution in [2.45, 2.75) is 39.7 Å². The van der Waals surface area contributed by atoms with E-state index in [1.807, 2.05) is 79.7 Å². The van der Waals surface area contributed by atoms with Crippen molar-refractivity contribution in [1.82, 2.24) is 15.0 Å². The number of ether oxygens (including phenoxy) is 2. The number of urea groups is 1. The molecule has 9 heteroatoms. The lowest BCUT2D eigenvalue weighted by molar-refractivity contribution is 0.262. The third-order valence-corrected chi connectivity index (χ3v) is 6.64. The number of amides is 2. The van der Waals surface area contributed by atoms with Crippen LogP contribution >= 0.6 is 0 Å². The van der Waals surface area contributed by atoms with Gasteiger partial charge in [0.05, 0.1) is 30.7 Å². The summed E-state index contributed by atoms with van der Waals surface area (Å²) in [4.78, 5) is 26.5. The molecule has 0 saturated carbocycles. The van der Waals surface area contributed by atoms with E-state index in [1.54, 1.807) is 19.4 Å². The lowest BCUT2D eigenvalue weighted by Crippen LogP contribution is -2.21. The molecule has 2 amide bonds. The van der Waals surface area contributed by atoms with Gasteiger partial charge in [0.1, 0.15) is 11.5 Å². The Balaban J connectivity index is 1.36. The molecule has 0 aliphatic heterocycles. The van der Waals surface area contributed by atoms with Crippen LogP contribution in [0.2, 0.25) is 0 Å². The second kappa shape index (κ2) is 12.1. The second-order valence-electron chi connectivity index (χ2n) is 10.8. The van der Waals surface area contributed by atoms with Gasteiger partial charge in [0, 0.05) is 28.7 Å². The summed E-state index contributed by atoms with van der Waals surface area (Å²) >= 11 is 0. The standard InChI is InChI=1S/C33H34N6O3/c1-21-18-30(39-31(36-21)35-20-23-10-8-9-17-34-23)42-28-16-14-26(24-11-6-7-12-25(24)28)37-32(40)38-27-19-22(33(2,3)4)13-15-29(27)41-5/h6-19H,20H2,1-5H3,(H,35,36,39)(H2,37,38,40). The number of rotatable bonds is 8. The van der Waals surface area contributed by atoms with Gasteiger partial charge in [0.25, 0.3) is 0 Å². The number of hydrogen-bond acceptors (Lipinski definition) is 7. The van der Waals surface area contributed by atoms with Crippen molar-refractivity contribution in [3.05, 3.63) is 102 Å². The van der Waals surface area contributed by atoms with Crippen LogP contribution < -0.4 is 25.4 Å². The Morgan fingerprint density at radius 1 is 0.833 bits per heavy atom. The Morgan fingerprint density at radius 3 is 2.31 bits per heavy atom. The topological polar surface area (TPSA) is 110 Å². The molecule has 2 heterocycles. The van der Waals surface area contributed by atoms with Crippen molar-refractivity contribution in [1.29, 1.82) is 0 Å². The Kier molecular flexibility index (Phi) is 8.19. The molecular formula is C33H34N6O3. The van der Waals surface area contributed by atoms with Crippen LogP contribution in [0.1, 0.15) is 37.7 Å². The van der Waals surface area contributed by atoms with Crippen LogP contribution in [0, 0.1) is 6.92 Å². The van der Waals surface area contributed by atoms with Gasteiger partial charge in [0.15, 0.2) is 0 Å². The number of hydrogen-bond donors (Lipinski definition) is 3. The van der Waals surface area contributed by atoms with E-state index in [-0.39, 0.29) is 11.4 Å². The minimum Gasteiger partial charge on any atom is -0.495 e. The van der Waals surface area contributed by atoms with Crippen LogP contribution in [-0.2, 0) is 12.0 Å². The van der Waals surface area contributed by atoms with E-state index in [1.165, 1.54) is 0 Å². The first-order valence-corrected chi connectivity index (χ1v) is 13.7. The summed E-state index contributed by atoms with van der Waals surface area (Å²) in [7, 11) is 1.58. The first kappa shape index (κ1) is 28.4. The fourth-order valence-electron chi connectivity index (χ4n) is 4.47. The Morgan fingerprint density at radius 2 is 1.57 bits per heavy atom. The minimum absolute atomic E-state index is 0.0800. The lowest BCUT2D eigenvalue weighted by Gasteiger charge is -2.21. The maximum absolute atomic E-state index is 13.1. The molecule has 0 bridgehead atoms. The summed E-state index contributed by atoms with van der Waals surface area (Å²) in [5.74, 6) is 2.03. The van der Waals surface area contributed by atoms with E-state index in [2.05, 4.69) is 51.7 Å². The monoisotopic (exact) mass is 562 g/mol. The highest BCUT2D eigenvalue weighted by molar-refractivity contribution is 6.08. The normalized spacial score (nSPS) is 11.2. The Labute approximate surface area is 245 Å². The van der Waals surface area contributed by atoms with Gasteiger partial charge in [0.2, 0.25) is 11.8 Å². The van der Waals surface area contributed by atoms with Gasteiger partial charge in [-0.2, -0.15) is 4.98 Å². The van der Waals surface area contributed by atoms with Crippen molar-refractivity contribution < 1.29 is 14.3 Å². The van der Waals surface area contributed by atoms with Gasteiger partial charge in [-0.15, -0.1) is 0 Å². The van der Waals surface area contributed by atoms with E-state index in [0.29, 0.717) is 41.2 Å². The molecule has 0 aliphatic carbocycles. The molecule has 3 N–H and O–H groups in total.